The number of morpholine rings is 1. The van der Waals surface area contributed by atoms with Gasteiger partial charge in [-0.25, -0.2) is 8.42 Å². The lowest BCUT2D eigenvalue weighted by molar-refractivity contribution is 0.0730. The summed E-state index contributed by atoms with van der Waals surface area (Å²) in [5.41, 5.74) is 1.16. The number of nitrogens with zero attached hydrogens (tertiary/aromatic N) is 1. The fourth-order valence-corrected chi connectivity index (χ4v) is 4.20. The Morgan fingerprint density at radius 1 is 0.963 bits per heavy atom. The highest BCUT2D eigenvalue weighted by atomic mass is 32.2. The van der Waals surface area contributed by atoms with Gasteiger partial charge < -0.3 is 14.2 Å². The van der Waals surface area contributed by atoms with Crippen molar-refractivity contribution >= 4 is 10.0 Å². The number of sulfonamides is 1. The standard InChI is InChI=1S/C20H25NO5S/c1-17-4-2-5-19(16-17)26-13-3-12-25-18-6-8-20(9-7-18)27(22,23)21-10-14-24-15-11-21/h2,4-9,16H,3,10-15H2,1H3. The molecular weight excluding hydrogens is 366 g/mol. The van der Waals surface area contributed by atoms with E-state index in [1.807, 2.05) is 31.2 Å². The molecule has 0 N–H and O–H groups in total. The van der Waals surface area contributed by atoms with Crippen molar-refractivity contribution in [3.05, 3.63) is 54.1 Å². The third-order valence-corrected chi connectivity index (χ3v) is 6.16. The molecule has 6 nitrogen and oxygen atoms in total. The Hall–Kier alpha value is -2.09. The van der Waals surface area contributed by atoms with E-state index in [2.05, 4.69) is 0 Å². The molecule has 0 spiro atoms. The lowest BCUT2D eigenvalue weighted by atomic mass is 10.2. The molecule has 7 heteroatoms. The van der Waals surface area contributed by atoms with Gasteiger partial charge >= 0.3 is 0 Å². The molecule has 1 fully saturated rings. The predicted octanol–water partition coefficient (Wildman–Crippen LogP) is 2.86. The first-order chi connectivity index (χ1) is 13.1. The van der Waals surface area contributed by atoms with E-state index in [9.17, 15) is 8.42 Å². The van der Waals surface area contributed by atoms with Crippen LogP contribution in [0.4, 0.5) is 0 Å². The molecule has 1 aliphatic heterocycles. The monoisotopic (exact) mass is 391 g/mol. The maximum absolute atomic E-state index is 12.6. The van der Waals surface area contributed by atoms with Gasteiger partial charge in [-0.05, 0) is 48.9 Å². The zero-order valence-electron chi connectivity index (χ0n) is 15.5. The summed E-state index contributed by atoms with van der Waals surface area (Å²) in [6, 6.07) is 14.5. The van der Waals surface area contributed by atoms with Crippen LogP contribution in [-0.2, 0) is 14.8 Å². The van der Waals surface area contributed by atoms with Crippen molar-refractivity contribution in [1.82, 2.24) is 4.31 Å². The summed E-state index contributed by atoms with van der Waals surface area (Å²) < 4.78 is 43.2. The summed E-state index contributed by atoms with van der Waals surface area (Å²) in [7, 11) is -3.46. The molecule has 0 radical (unpaired) electrons. The number of ether oxygens (including phenoxy) is 3. The van der Waals surface area contributed by atoms with E-state index in [0.717, 1.165) is 17.7 Å². The predicted molar refractivity (Wildman–Crippen MR) is 103 cm³/mol. The summed E-state index contributed by atoms with van der Waals surface area (Å²) in [5, 5.41) is 0. The Morgan fingerprint density at radius 3 is 2.30 bits per heavy atom. The molecule has 0 aromatic heterocycles. The SMILES string of the molecule is Cc1cccc(OCCCOc2ccc(S(=O)(=O)N3CCOCC3)cc2)c1. The Kier molecular flexibility index (Phi) is 6.71. The summed E-state index contributed by atoms with van der Waals surface area (Å²) >= 11 is 0. The van der Waals surface area contributed by atoms with Crippen LogP contribution >= 0.6 is 0 Å². The first-order valence-electron chi connectivity index (χ1n) is 9.06. The Labute approximate surface area is 160 Å². The first kappa shape index (κ1) is 19.7. The quantitative estimate of drug-likeness (QED) is 0.648. The molecule has 2 aromatic carbocycles. The summed E-state index contributed by atoms with van der Waals surface area (Å²) in [6.45, 7) is 4.74. The third-order valence-electron chi connectivity index (χ3n) is 4.25. The molecule has 0 bridgehead atoms. The fraction of sp³-hybridized carbons (Fsp3) is 0.400. The van der Waals surface area contributed by atoms with Crippen molar-refractivity contribution in [2.75, 3.05) is 39.5 Å². The molecule has 0 unspecified atom stereocenters. The second-order valence-electron chi connectivity index (χ2n) is 6.35. The molecular formula is C20H25NO5S. The molecule has 0 atom stereocenters. The van der Waals surface area contributed by atoms with Crippen LogP contribution in [0.5, 0.6) is 11.5 Å². The molecule has 3 rings (SSSR count). The number of rotatable bonds is 8. The minimum Gasteiger partial charge on any atom is -0.493 e. The molecule has 1 aliphatic rings. The molecule has 0 aliphatic carbocycles. The van der Waals surface area contributed by atoms with Crippen molar-refractivity contribution in [3.8, 4) is 11.5 Å². The summed E-state index contributed by atoms with van der Waals surface area (Å²) in [5.74, 6) is 1.50. The number of aryl methyl sites for hydroxylation is 1. The van der Waals surface area contributed by atoms with Gasteiger partial charge in [-0.3, -0.25) is 0 Å². The normalized spacial score (nSPS) is 15.4. The van der Waals surface area contributed by atoms with E-state index in [1.165, 1.54) is 4.31 Å². The van der Waals surface area contributed by atoms with Crippen LogP contribution < -0.4 is 9.47 Å². The minimum absolute atomic E-state index is 0.277. The lowest BCUT2D eigenvalue weighted by Gasteiger charge is -2.26. The van der Waals surface area contributed by atoms with Gasteiger partial charge in [-0.2, -0.15) is 4.31 Å². The molecule has 27 heavy (non-hydrogen) atoms. The van der Waals surface area contributed by atoms with Gasteiger partial charge in [0.1, 0.15) is 11.5 Å². The highest BCUT2D eigenvalue weighted by Gasteiger charge is 2.26. The van der Waals surface area contributed by atoms with Gasteiger partial charge in [0, 0.05) is 19.5 Å². The van der Waals surface area contributed by atoms with Gasteiger partial charge in [0.05, 0.1) is 31.3 Å². The third kappa shape index (κ3) is 5.45. The Balaban J connectivity index is 1.45. The largest absolute Gasteiger partial charge is 0.493 e. The van der Waals surface area contributed by atoms with Crippen molar-refractivity contribution in [3.63, 3.8) is 0 Å². The second kappa shape index (κ2) is 9.21. The molecule has 0 amide bonds. The van der Waals surface area contributed by atoms with E-state index < -0.39 is 10.0 Å². The summed E-state index contributed by atoms with van der Waals surface area (Å²) in [4.78, 5) is 0.277. The van der Waals surface area contributed by atoms with Crippen LogP contribution in [0.25, 0.3) is 0 Å². The maximum atomic E-state index is 12.6. The summed E-state index contributed by atoms with van der Waals surface area (Å²) in [6.07, 6.45) is 0.738. The first-order valence-corrected chi connectivity index (χ1v) is 10.5. The van der Waals surface area contributed by atoms with Gasteiger partial charge in [0.2, 0.25) is 10.0 Å². The Bertz CT molecular complexity index is 830. The highest BCUT2D eigenvalue weighted by Crippen LogP contribution is 2.20. The number of hydrogen-bond acceptors (Lipinski definition) is 5. The van der Waals surface area contributed by atoms with Crippen LogP contribution in [-0.4, -0.2) is 52.2 Å². The van der Waals surface area contributed by atoms with E-state index in [4.69, 9.17) is 14.2 Å². The van der Waals surface area contributed by atoms with E-state index in [-0.39, 0.29) is 4.90 Å². The average Bonchev–Trinajstić information content (AvgIpc) is 2.69. The van der Waals surface area contributed by atoms with Gasteiger partial charge in [-0.15, -0.1) is 0 Å². The van der Waals surface area contributed by atoms with Crippen LogP contribution in [0.1, 0.15) is 12.0 Å². The van der Waals surface area contributed by atoms with Crippen molar-refractivity contribution in [2.24, 2.45) is 0 Å². The van der Waals surface area contributed by atoms with Gasteiger partial charge in [-0.1, -0.05) is 12.1 Å². The van der Waals surface area contributed by atoms with Crippen molar-refractivity contribution < 1.29 is 22.6 Å². The topological polar surface area (TPSA) is 65.1 Å². The van der Waals surface area contributed by atoms with Crippen LogP contribution in [0, 0.1) is 6.92 Å². The van der Waals surface area contributed by atoms with Crippen molar-refractivity contribution in [2.45, 2.75) is 18.2 Å². The zero-order valence-corrected chi connectivity index (χ0v) is 16.3. The number of hydrogen-bond donors (Lipinski definition) is 0. The molecule has 146 valence electrons. The zero-order chi connectivity index (χ0) is 19.1. The van der Waals surface area contributed by atoms with E-state index in [1.54, 1.807) is 24.3 Å². The highest BCUT2D eigenvalue weighted by molar-refractivity contribution is 7.89. The number of benzene rings is 2. The molecule has 1 saturated heterocycles. The Morgan fingerprint density at radius 2 is 1.63 bits per heavy atom. The van der Waals surface area contributed by atoms with Crippen LogP contribution in [0.2, 0.25) is 0 Å². The van der Waals surface area contributed by atoms with E-state index in [0.29, 0.717) is 45.3 Å². The van der Waals surface area contributed by atoms with Crippen LogP contribution in [0.15, 0.2) is 53.4 Å². The minimum atomic E-state index is -3.46. The maximum Gasteiger partial charge on any atom is 0.243 e. The smallest absolute Gasteiger partial charge is 0.243 e. The molecule has 0 saturated carbocycles. The fourth-order valence-electron chi connectivity index (χ4n) is 2.79. The molecule has 1 heterocycles. The van der Waals surface area contributed by atoms with E-state index >= 15 is 0 Å². The average molecular weight is 391 g/mol. The van der Waals surface area contributed by atoms with Gasteiger partial charge in [0.25, 0.3) is 0 Å². The van der Waals surface area contributed by atoms with Gasteiger partial charge in [0.15, 0.2) is 0 Å². The second-order valence-corrected chi connectivity index (χ2v) is 8.29. The molecule has 2 aromatic rings. The van der Waals surface area contributed by atoms with Crippen LogP contribution in [0.3, 0.4) is 0 Å². The lowest BCUT2D eigenvalue weighted by Crippen LogP contribution is -2.40. The van der Waals surface area contributed by atoms with Crippen molar-refractivity contribution in [1.29, 1.82) is 0 Å².